The Morgan fingerprint density at radius 2 is 1.26 bits per heavy atom. The van der Waals surface area contributed by atoms with Crippen molar-refractivity contribution >= 4 is 16.6 Å². The van der Waals surface area contributed by atoms with E-state index in [0.29, 0.717) is 0 Å². The Hall–Kier alpha value is -3.23. The quantitative estimate of drug-likeness (QED) is 0.466. The highest BCUT2D eigenvalue weighted by Gasteiger charge is 2.81. The molecule has 0 N–H and O–H groups in total. The maximum absolute atomic E-state index is 13.7. The van der Waals surface area contributed by atoms with Crippen LogP contribution in [0.1, 0.15) is 27.0 Å². The number of carbonyl (C=O) groups is 1. The van der Waals surface area contributed by atoms with Crippen molar-refractivity contribution < 1.29 is 9.53 Å². The first kappa shape index (κ1) is 14.9. The van der Waals surface area contributed by atoms with Crippen LogP contribution < -0.4 is 0 Å². The molecule has 2 atom stereocenters. The lowest BCUT2D eigenvalue weighted by atomic mass is 9.80. The van der Waals surface area contributed by atoms with E-state index in [-0.39, 0.29) is 5.78 Å². The van der Waals surface area contributed by atoms with Crippen LogP contribution in [0.15, 0.2) is 97.1 Å². The summed E-state index contributed by atoms with van der Waals surface area (Å²) in [5.41, 5.74) is 1.97. The monoisotopic (exact) mass is 348 g/mol. The van der Waals surface area contributed by atoms with Crippen molar-refractivity contribution in [3.8, 4) is 0 Å². The van der Waals surface area contributed by atoms with Gasteiger partial charge < -0.3 is 4.74 Å². The first-order valence-corrected chi connectivity index (χ1v) is 9.17. The zero-order chi connectivity index (χ0) is 18.1. The SMILES string of the molecule is O=C1c2ccccc2[C@]2(c3ccccc3)O[C@@]12c1cccc2ccccc12. The van der Waals surface area contributed by atoms with Crippen molar-refractivity contribution in [1.29, 1.82) is 0 Å². The van der Waals surface area contributed by atoms with Crippen LogP contribution >= 0.6 is 0 Å². The van der Waals surface area contributed by atoms with Crippen LogP contribution in [0.2, 0.25) is 0 Å². The van der Waals surface area contributed by atoms with Crippen LogP contribution in [-0.2, 0) is 15.9 Å². The third-order valence-electron chi connectivity index (χ3n) is 5.98. The third-order valence-corrected chi connectivity index (χ3v) is 5.98. The van der Waals surface area contributed by atoms with E-state index in [1.165, 1.54) is 0 Å². The molecule has 1 aliphatic carbocycles. The van der Waals surface area contributed by atoms with Crippen LogP contribution in [0.5, 0.6) is 0 Å². The zero-order valence-corrected chi connectivity index (χ0v) is 14.6. The predicted octanol–water partition coefficient (Wildman–Crippen LogP) is 5.21. The Morgan fingerprint density at radius 3 is 2.15 bits per heavy atom. The first-order valence-electron chi connectivity index (χ1n) is 9.17. The summed E-state index contributed by atoms with van der Waals surface area (Å²) in [7, 11) is 0. The number of epoxide rings is 1. The second-order valence-corrected chi connectivity index (χ2v) is 7.23. The van der Waals surface area contributed by atoms with Gasteiger partial charge in [-0.3, -0.25) is 4.79 Å². The number of carbonyl (C=O) groups excluding carboxylic acids is 1. The number of fused-ring (bicyclic) bond motifs is 4. The standard InChI is InChI=1S/C25H16O2/c26-23-20-14-6-7-15-22(20)24(18-11-2-1-3-12-18)25(23,27-24)21-16-8-10-17-9-4-5-13-19(17)21/h1-16H/t24-,25-/m0/s1. The van der Waals surface area contributed by atoms with Gasteiger partial charge in [0.25, 0.3) is 0 Å². The van der Waals surface area contributed by atoms with Gasteiger partial charge in [0.2, 0.25) is 5.78 Å². The van der Waals surface area contributed by atoms with E-state index in [1.54, 1.807) is 0 Å². The van der Waals surface area contributed by atoms with Gasteiger partial charge in [-0.05, 0) is 16.3 Å². The van der Waals surface area contributed by atoms with E-state index in [2.05, 4.69) is 30.3 Å². The summed E-state index contributed by atoms with van der Waals surface area (Å²) >= 11 is 0. The zero-order valence-electron chi connectivity index (χ0n) is 14.6. The normalized spacial score (nSPS) is 25.3. The molecular weight excluding hydrogens is 332 g/mol. The fourth-order valence-corrected chi connectivity index (χ4v) is 4.82. The van der Waals surface area contributed by atoms with Gasteiger partial charge in [-0.1, -0.05) is 97.1 Å². The summed E-state index contributed by atoms with van der Waals surface area (Å²) in [5.74, 6) is 0.0540. The van der Waals surface area contributed by atoms with Crippen molar-refractivity contribution in [2.45, 2.75) is 11.2 Å². The Labute approximate surface area is 157 Å². The molecule has 0 radical (unpaired) electrons. The molecule has 0 spiro atoms. The molecule has 27 heavy (non-hydrogen) atoms. The summed E-state index contributed by atoms with van der Waals surface area (Å²) in [4.78, 5) is 13.7. The number of benzene rings is 4. The van der Waals surface area contributed by atoms with Crippen LogP contribution in [0.25, 0.3) is 10.8 Å². The molecule has 128 valence electrons. The number of rotatable bonds is 2. The van der Waals surface area contributed by atoms with Gasteiger partial charge in [-0.2, -0.15) is 0 Å². The van der Waals surface area contributed by atoms with E-state index in [1.807, 2.05) is 66.7 Å². The molecule has 2 nitrogen and oxygen atoms in total. The molecule has 0 unspecified atom stereocenters. The molecular formula is C25H16O2. The Balaban J connectivity index is 1.71. The topological polar surface area (TPSA) is 29.6 Å². The van der Waals surface area contributed by atoms with Gasteiger partial charge in [-0.25, -0.2) is 0 Å². The van der Waals surface area contributed by atoms with E-state index in [4.69, 9.17) is 4.74 Å². The molecule has 0 saturated carbocycles. The Morgan fingerprint density at radius 1 is 0.593 bits per heavy atom. The van der Waals surface area contributed by atoms with Crippen molar-refractivity contribution in [1.82, 2.24) is 0 Å². The molecule has 1 aliphatic heterocycles. The van der Waals surface area contributed by atoms with Crippen molar-refractivity contribution in [3.05, 3.63) is 119 Å². The minimum absolute atomic E-state index is 0.0540. The van der Waals surface area contributed by atoms with Crippen LogP contribution in [0.4, 0.5) is 0 Å². The largest absolute Gasteiger partial charge is 0.338 e. The van der Waals surface area contributed by atoms with Crippen molar-refractivity contribution in [3.63, 3.8) is 0 Å². The number of ether oxygens (including phenoxy) is 1. The maximum atomic E-state index is 13.7. The summed E-state index contributed by atoms with van der Waals surface area (Å²) in [5, 5.41) is 2.18. The molecule has 1 fully saturated rings. The molecule has 4 aromatic rings. The second-order valence-electron chi connectivity index (χ2n) is 7.23. The average molecular weight is 348 g/mol. The van der Waals surface area contributed by atoms with Crippen LogP contribution in [-0.4, -0.2) is 5.78 Å². The highest BCUT2D eigenvalue weighted by atomic mass is 16.6. The maximum Gasteiger partial charge on any atom is 0.203 e. The smallest absolute Gasteiger partial charge is 0.203 e. The second kappa shape index (κ2) is 4.93. The van der Waals surface area contributed by atoms with Gasteiger partial charge in [0.15, 0.2) is 11.2 Å². The lowest BCUT2D eigenvalue weighted by Crippen LogP contribution is -2.24. The highest BCUT2D eigenvalue weighted by molar-refractivity contribution is 6.14. The fraction of sp³-hybridized carbons (Fsp3) is 0.0800. The van der Waals surface area contributed by atoms with Crippen molar-refractivity contribution in [2.24, 2.45) is 0 Å². The molecule has 0 amide bonds. The highest BCUT2D eigenvalue weighted by Crippen LogP contribution is 2.72. The molecule has 4 aromatic carbocycles. The van der Waals surface area contributed by atoms with Gasteiger partial charge in [0, 0.05) is 16.7 Å². The van der Waals surface area contributed by atoms with Crippen LogP contribution in [0, 0.1) is 0 Å². The lowest BCUT2D eigenvalue weighted by molar-refractivity contribution is 0.0869. The summed E-state index contributed by atoms with van der Waals surface area (Å²) in [6.07, 6.45) is 0. The number of hydrogen-bond acceptors (Lipinski definition) is 2. The fourth-order valence-electron chi connectivity index (χ4n) is 4.82. The average Bonchev–Trinajstić information content (AvgIpc) is 3.40. The minimum Gasteiger partial charge on any atom is -0.338 e. The minimum atomic E-state index is -0.987. The summed E-state index contributed by atoms with van der Waals surface area (Å²) in [6.45, 7) is 0. The first-order chi connectivity index (χ1) is 13.3. The van der Waals surface area contributed by atoms with Gasteiger partial charge in [0.1, 0.15) is 0 Å². The molecule has 0 aromatic heterocycles. The molecule has 2 heteroatoms. The van der Waals surface area contributed by atoms with E-state index in [0.717, 1.165) is 33.0 Å². The molecule has 2 aliphatic rings. The number of hydrogen-bond donors (Lipinski definition) is 0. The van der Waals surface area contributed by atoms with Gasteiger partial charge in [0.05, 0.1) is 0 Å². The van der Waals surface area contributed by atoms with E-state index >= 15 is 0 Å². The molecule has 1 heterocycles. The molecule has 6 rings (SSSR count). The summed E-state index contributed by atoms with van der Waals surface area (Å²) < 4.78 is 6.50. The van der Waals surface area contributed by atoms with Crippen LogP contribution in [0.3, 0.4) is 0 Å². The Kier molecular flexibility index (Phi) is 2.72. The predicted molar refractivity (Wildman–Crippen MR) is 105 cm³/mol. The molecule has 0 bridgehead atoms. The van der Waals surface area contributed by atoms with Crippen molar-refractivity contribution in [2.75, 3.05) is 0 Å². The summed E-state index contributed by atoms with van der Waals surface area (Å²) in [6, 6.07) is 32.3. The lowest BCUT2D eigenvalue weighted by Gasteiger charge is -2.15. The number of ketones is 1. The van der Waals surface area contributed by atoms with Gasteiger partial charge in [-0.15, -0.1) is 0 Å². The molecule has 1 saturated heterocycles. The number of Topliss-reactive ketones (excluding diaryl/α,β-unsaturated/α-hetero) is 1. The Bertz CT molecular complexity index is 1220. The third kappa shape index (κ3) is 1.62. The van der Waals surface area contributed by atoms with Gasteiger partial charge >= 0.3 is 0 Å². The van der Waals surface area contributed by atoms with E-state index in [9.17, 15) is 4.79 Å². The van der Waals surface area contributed by atoms with E-state index < -0.39 is 11.2 Å².